The molecule has 0 fully saturated rings. The zero-order valence-corrected chi connectivity index (χ0v) is 19.8. The summed E-state index contributed by atoms with van der Waals surface area (Å²) in [7, 11) is 1.42. The second kappa shape index (κ2) is 11.4. The normalized spacial score (nSPS) is 18.3. The Morgan fingerprint density at radius 2 is 2.00 bits per heavy atom. The zero-order valence-electron chi connectivity index (χ0n) is 18.2. The predicted octanol–water partition coefficient (Wildman–Crippen LogP) is 3.77. The predicted molar refractivity (Wildman–Crippen MR) is 128 cm³/mol. The maximum absolute atomic E-state index is 14.6. The number of ether oxygens (including phenoxy) is 1. The van der Waals surface area contributed by atoms with Crippen LogP contribution in [-0.2, 0) is 14.4 Å². The third-order valence-electron chi connectivity index (χ3n) is 5.10. The fourth-order valence-electron chi connectivity index (χ4n) is 3.40. The van der Waals surface area contributed by atoms with Crippen LogP contribution >= 0.6 is 24.2 Å². The lowest BCUT2D eigenvalue weighted by Crippen LogP contribution is -2.46. The molecular formula is C22H26ClF2N5O2S. The highest BCUT2D eigenvalue weighted by molar-refractivity contribution is 8.15. The highest BCUT2D eigenvalue weighted by Crippen LogP contribution is 2.50. The average Bonchev–Trinajstić information content (AvgIpc) is 3.18. The number of nitrogens with one attached hydrogen (secondary N) is 2. The summed E-state index contributed by atoms with van der Waals surface area (Å²) >= 11 is 1.19. The highest BCUT2D eigenvalue weighted by Gasteiger charge is 2.49. The number of carbonyl (C=O) groups excluding carboxylic acids is 1. The number of methoxy groups -OCH3 is 1. The van der Waals surface area contributed by atoms with Gasteiger partial charge in [-0.2, -0.15) is 5.10 Å². The molecule has 0 radical (unpaired) electrons. The number of halogens is 3. The van der Waals surface area contributed by atoms with Gasteiger partial charge in [0.15, 0.2) is 5.96 Å². The number of nitrogens with zero attached hydrogens (tertiary/aromatic N) is 2. The molecule has 0 bridgehead atoms. The first-order chi connectivity index (χ1) is 15.3. The van der Waals surface area contributed by atoms with Crippen LogP contribution in [0.3, 0.4) is 0 Å². The van der Waals surface area contributed by atoms with Crippen molar-refractivity contribution < 1.29 is 18.3 Å². The van der Waals surface area contributed by atoms with Crippen LogP contribution in [0, 0.1) is 17.0 Å². The largest absolute Gasteiger partial charge is 0.372 e. The van der Waals surface area contributed by atoms with Crippen molar-refractivity contribution in [3.63, 3.8) is 0 Å². The van der Waals surface area contributed by atoms with Gasteiger partial charge in [0.05, 0.1) is 0 Å². The van der Waals surface area contributed by atoms with Crippen molar-refractivity contribution in [2.45, 2.75) is 30.7 Å². The summed E-state index contributed by atoms with van der Waals surface area (Å²) in [6, 6.07) is 12.4. The van der Waals surface area contributed by atoms with E-state index in [1.807, 2.05) is 30.3 Å². The summed E-state index contributed by atoms with van der Waals surface area (Å²) in [6.45, 7) is 2.01. The molecule has 1 aliphatic rings. The van der Waals surface area contributed by atoms with Gasteiger partial charge in [-0.05, 0) is 43.5 Å². The molecule has 0 aromatic heterocycles. The fourth-order valence-corrected chi connectivity index (χ4v) is 4.82. The molecule has 1 amide bonds. The van der Waals surface area contributed by atoms with E-state index in [4.69, 9.17) is 15.9 Å². The summed E-state index contributed by atoms with van der Waals surface area (Å²) in [5.74, 6) is -1.80. The van der Waals surface area contributed by atoms with Crippen LogP contribution in [-0.4, -0.2) is 41.7 Å². The minimum Gasteiger partial charge on any atom is -0.372 e. The molecule has 0 spiro atoms. The molecule has 2 aromatic carbocycles. The molecule has 2 aromatic rings. The molecule has 1 aliphatic heterocycles. The van der Waals surface area contributed by atoms with E-state index in [1.54, 1.807) is 6.92 Å². The van der Waals surface area contributed by atoms with Crippen LogP contribution in [0.2, 0.25) is 0 Å². The summed E-state index contributed by atoms with van der Waals surface area (Å²) in [5.41, 5.74) is 6.14. The van der Waals surface area contributed by atoms with E-state index < -0.39 is 28.5 Å². The topological polar surface area (TPSA) is 104 Å². The van der Waals surface area contributed by atoms with Crippen molar-refractivity contribution in [2.75, 3.05) is 13.7 Å². The van der Waals surface area contributed by atoms with E-state index in [9.17, 15) is 13.6 Å². The summed E-state index contributed by atoms with van der Waals surface area (Å²) in [5, 5.41) is 16.1. The lowest BCUT2D eigenvalue weighted by Gasteiger charge is -2.37. The monoisotopic (exact) mass is 497 g/mol. The van der Waals surface area contributed by atoms with E-state index in [2.05, 4.69) is 10.4 Å². The number of amides is 1. The maximum Gasteiger partial charge on any atom is 0.273 e. The number of guanidine groups is 1. The number of hydrogen-bond donors (Lipinski definition) is 3. The molecule has 7 nitrogen and oxygen atoms in total. The van der Waals surface area contributed by atoms with Gasteiger partial charge in [-0.15, -0.1) is 12.4 Å². The summed E-state index contributed by atoms with van der Waals surface area (Å²) < 4.78 is 33.7. The highest BCUT2D eigenvalue weighted by atomic mass is 35.5. The number of hydrazone groups is 1. The third kappa shape index (κ3) is 5.82. The smallest absolute Gasteiger partial charge is 0.273 e. The molecule has 0 aliphatic carbocycles. The second-order valence-electron chi connectivity index (χ2n) is 7.25. The van der Waals surface area contributed by atoms with Gasteiger partial charge in [0.2, 0.25) is 0 Å². The Hall–Kier alpha value is -2.69. The van der Waals surface area contributed by atoms with Gasteiger partial charge in [-0.25, -0.2) is 13.8 Å². The molecule has 178 valence electrons. The van der Waals surface area contributed by atoms with Gasteiger partial charge in [0.25, 0.3) is 5.91 Å². The lowest BCUT2D eigenvalue weighted by atomic mass is 9.99. The van der Waals surface area contributed by atoms with Gasteiger partial charge in [0.1, 0.15) is 27.7 Å². The Labute approximate surface area is 201 Å². The molecule has 0 saturated carbocycles. The third-order valence-corrected chi connectivity index (χ3v) is 6.55. The molecule has 33 heavy (non-hydrogen) atoms. The minimum absolute atomic E-state index is 0. The van der Waals surface area contributed by atoms with Crippen molar-refractivity contribution in [2.24, 2.45) is 10.8 Å². The Morgan fingerprint density at radius 3 is 2.64 bits per heavy atom. The van der Waals surface area contributed by atoms with Crippen LogP contribution in [0.15, 0.2) is 53.6 Å². The Morgan fingerprint density at radius 1 is 1.30 bits per heavy atom. The van der Waals surface area contributed by atoms with E-state index >= 15 is 0 Å². The number of hydrogen-bond acceptors (Lipinski definition) is 5. The first kappa shape index (κ1) is 26.6. The number of carbonyl (C=O) groups is 1. The van der Waals surface area contributed by atoms with Gasteiger partial charge in [0, 0.05) is 19.2 Å². The van der Waals surface area contributed by atoms with Crippen molar-refractivity contribution >= 4 is 41.1 Å². The molecule has 0 saturated heterocycles. The van der Waals surface area contributed by atoms with Gasteiger partial charge < -0.3 is 15.8 Å². The second-order valence-corrected chi connectivity index (χ2v) is 8.52. The fraction of sp³-hybridized carbons (Fsp3) is 0.318. The maximum atomic E-state index is 14.6. The number of nitrogens with two attached hydrogens (primary N) is 1. The standard InChI is InChI=1S/C22H25F2N5O2S.ClH/c1-14(31-2)20(30)29-22(11-6-12-27-21(25)26,15-7-4-3-5-8-15)32-19(28-29)17-13-16(23)9-10-18(17)24;/h3-5,7-10,13-14H,6,11-12H2,1-2H3,(H4,25,26,27);1H/t14-,22+;/m0./s1. The van der Waals surface area contributed by atoms with Crippen molar-refractivity contribution in [1.29, 1.82) is 5.41 Å². The molecule has 11 heteroatoms. The number of thioether (sulfide) groups is 1. The van der Waals surface area contributed by atoms with Crippen LogP contribution in [0.4, 0.5) is 8.78 Å². The quantitative estimate of drug-likeness (QED) is 0.292. The SMILES string of the molecule is CO[C@@H](C)C(=O)N1N=C(c2cc(F)ccc2F)S[C@]1(CCCNC(=N)N)c1ccccc1.Cl. The Bertz CT molecular complexity index is 1030. The molecule has 2 atom stereocenters. The van der Waals surface area contributed by atoms with Crippen LogP contribution in [0.5, 0.6) is 0 Å². The zero-order chi connectivity index (χ0) is 23.3. The molecule has 3 rings (SSSR count). The van der Waals surface area contributed by atoms with Crippen molar-refractivity contribution in [3.8, 4) is 0 Å². The Kier molecular flexibility index (Phi) is 9.21. The van der Waals surface area contributed by atoms with Crippen molar-refractivity contribution in [1.82, 2.24) is 10.3 Å². The summed E-state index contributed by atoms with van der Waals surface area (Å²) in [4.78, 5) is 12.3. The Balaban J connectivity index is 0.00000385. The number of benzene rings is 2. The first-order valence-electron chi connectivity index (χ1n) is 10.0. The average molecular weight is 498 g/mol. The minimum atomic E-state index is -1.02. The molecule has 0 unspecified atom stereocenters. The summed E-state index contributed by atoms with van der Waals surface area (Å²) in [6.07, 6.45) is 0.143. The van der Waals surface area contributed by atoms with E-state index in [1.165, 1.54) is 23.9 Å². The van der Waals surface area contributed by atoms with Crippen LogP contribution in [0.1, 0.15) is 30.9 Å². The van der Waals surface area contributed by atoms with Gasteiger partial charge >= 0.3 is 0 Å². The van der Waals surface area contributed by atoms with Crippen LogP contribution in [0.25, 0.3) is 0 Å². The number of rotatable bonds is 8. The molecular weight excluding hydrogens is 472 g/mol. The lowest BCUT2D eigenvalue weighted by molar-refractivity contribution is -0.144. The van der Waals surface area contributed by atoms with Gasteiger partial charge in [-0.3, -0.25) is 10.2 Å². The first-order valence-corrected chi connectivity index (χ1v) is 10.8. The van der Waals surface area contributed by atoms with E-state index in [-0.39, 0.29) is 29.0 Å². The van der Waals surface area contributed by atoms with Crippen molar-refractivity contribution in [3.05, 3.63) is 71.3 Å². The van der Waals surface area contributed by atoms with Gasteiger partial charge in [-0.1, -0.05) is 42.1 Å². The molecule has 4 N–H and O–H groups in total. The van der Waals surface area contributed by atoms with E-state index in [0.29, 0.717) is 19.4 Å². The van der Waals surface area contributed by atoms with E-state index in [0.717, 1.165) is 23.8 Å². The molecule has 1 heterocycles. The van der Waals surface area contributed by atoms with Crippen LogP contribution < -0.4 is 11.1 Å².